The summed E-state index contributed by atoms with van der Waals surface area (Å²) in [6.07, 6.45) is -1.50. The van der Waals surface area contributed by atoms with Crippen LogP contribution in [0.15, 0.2) is 46.0 Å². The molecule has 4 rings (SSSR count). The highest BCUT2D eigenvalue weighted by atomic mass is 32.2. The van der Waals surface area contributed by atoms with Crippen molar-refractivity contribution in [2.24, 2.45) is 0 Å². The summed E-state index contributed by atoms with van der Waals surface area (Å²) in [5, 5.41) is 11.5. The summed E-state index contributed by atoms with van der Waals surface area (Å²) in [4.78, 5) is 4.90. The van der Waals surface area contributed by atoms with Crippen molar-refractivity contribution < 1.29 is 17.9 Å². The molecule has 10 heteroatoms. The maximum Gasteiger partial charge on any atom is 0.417 e. The van der Waals surface area contributed by atoms with Gasteiger partial charge >= 0.3 is 6.18 Å². The van der Waals surface area contributed by atoms with Gasteiger partial charge in [-0.1, -0.05) is 6.07 Å². The van der Waals surface area contributed by atoms with Crippen molar-refractivity contribution in [2.75, 3.05) is 6.61 Å². The van der Waals surface area contributed by atoms with Crippen molar-refractivity contribution >= 4 is 23.1 Å². The fourth-order valence-electron chi connectivity index (χ4n) is 2.81. The molecule has 5 nitrogen and oxygen atoms in total. The van der Waals surface area contributed by atoms with Crippen molar-refractivity contribution in [3.63, 3.8) is 0 Å². The Hall–Kier alpha value is -1.91. The fraction of sp³-hybridized carbons (Fsp3) is 0.353. The Morgan fingerprint density at radius 3 is 2.78 bits per heavy atom. The van der Waals surface area contributed by atoms with Gasteiger partial charge in [0.25, 0.3) is 0 Å². The zero-order valence-electron chi connectivity index (χ0n) is 14.0. The van der Waals surface area contributed by atoms with Gasteiger partial charge in [0.2, 0.25) is 0 Å². The van der Waals surface area contributed by atoms with E-state index in [1.165, 1.54) is 17.8 Å². The lowest BCUT2D eigenvalue weighted by Crippen LogP contribution is -2.16. The third kappa shape index (κ3) is 4.17. The summed E-state index contributed by atoms with van der Waals surface area (Å²) >= 11 is 2.75. The van der Waals surface area contributed by atoms with E-state index in [2.05, 4.69) is 15.2 Å². The molecule has 1 saturated heterocycles. The quantitative estimate of drug-likeness (QED) is 0.605. The van der Waals surface area contributed by atoms with Crippen LogP contribution in [0.1, 0.15) is 18.4 Å². The zero-order valence-corrected chi connectivity index (χ0v) is 15.7. The summed E-state index contributed by atoms with van der Waals surface area (Å²) in [5.41, 5.74) is -0.771. The lowest BCUT2D eigenvalue weighted by atomic mass is 10.2. The van der Waals surface area contributed by atoms with Crippen LogP contribution in [0.5, 0.6) is 0 Å². The van der Waals surface area contributed by atoms with E-state index in [0.717, 1.165) is 42.4 Å². The van der Waals surface area contributed by atoms with Crippen LogP contribution in [0, 0.1) is 0 Å². The van der Waals surface area contributed by atoms with Crippen LogP contribution in [0.3, 0.4) is 0 Å². The van der Waals surface area contributed by atoms with Crippen molar-refractivity contribution in [3.8, 4) is 10.7 Å². The Labute approximate surface area is 161 Å². The highest BCUT2D eigenvalue weighted by Crippen LogP contribution is 2.33. The SMILES string of the molecule is FC(F)(F)c1ccc(Sc2nnc(-c3cccs3)n2C[C@@H]2CCCO2)nc1. The van der Waals surface area contributed by atoms with E-state index in [0.29, 0.717) is 16.7 Å². The summed E-state index contributed by atoms with van der Waals surface area (Å²) in [6, 6.07) is 6.28. The van der Waals surface area contributed by atoms with Crippen LogP contribution in [0.2, 0.25) is 0 Å². The predicted molar refractivity (Wildman–Crippen MR) is 95.7 cm³/mol. The number of alkyl halides is 3. The Kier molecular flexibility index (Phi) is 5.20. The van der Waals surface area contributed by atoms with Gasteiger partial charge < -0.3 is 4.74 Å². The van der Waals surface area contributed by atoms with Crippen LogP contribution in [0.4, 0.5) is 13.2 Å². The Morgan fingerprint density at radius 2 is 2.15 bits per heavy atom. The minimum absolute atomic E-state index is 0.0830. The number of hydrogen-bond acceptors (Lipinski definition) is 6. The largest absolute Gasteiger partial charge is 0.417 e. The van der Waals surface area contributed by atoms with E-state index in [9.17, 15) is 13.2 Å². The Bertz CT molecular complexity index is 888. The van der Waals surface area contributed by atoms with Gasteiger partial charge in [-0.05, 0) is 48.2 Å². The van der Waals surface area contributed by atoms with Crippen molar-refractivity contribution in [3.05, 3.63) is 41.4 Å². The van der Waals surface area contributed by atoms with Gasteiger partial charge in [0, 0.05) is 12.8 Å². The average molecular weight is 412 g/mol. The third-order valence-electron chi connectivity index (χ3n) is 4.13. The van der Waals surface area contributed by atoms with E-state index in [1.54, 1.807) is 11.3 Å². The first-order valence-corrected chi connectivity index (χ1v) is 10.00. The molecule has 0 saturated carbocycles. The summed E-state index contributed by atoms with van der Waals surface area (Å²) in [7, 11) is 0. The van der Waals surface area contributed by atoms with Crippen molar-refractivity contribution in [1.82, 2.24) is 19.7 Å². The standard InChI is InChI=1S/C17H15F3N4OS2/c18-17(19,20)11-5-6-14(21-9-11)27-16-23-22-15(13-4-2-8-26-13)24(16)10-12-3-1-7-25-12/h2,4-6,8-9,12H,1,3,7,10H2/t12-/m0/s1. The summed E-state index contributed by atoms with van der Waals surface area (Å²) in [5.74, 6) is 0.731. The van der Waals surface area contributed by atoms with Crippen LogP contribution in [-0.4, -0.2) is 32.5 Å². The molecule has 0 aliphatic carbocycles. The molecule has 1 atom stereocenters. The molecular formula is C17H15F3N4OS2. The molecule has 0 N–H and O–H groups in total. The molecule has 1 aliphatic rings. The highest BCUT2D eigenvalue weighted by Gasteiger charge is 2.31. The molecule has 4 heterocycles. The zero-order chi connectivity index (χ0) is 18.9. The molecule has 0 amide bonds. The first-order valence-electron chi connectivity index (χ1n) is 8.30. The highest BCUT2D eigenvalue weighted by molar-refractivity contribution is 7.99. The summed E-state index contributed by atoms with van der Waals surface area (Å²) < 4.78 is 45.8. The van der Waals surface area contributed by atoms with Gasteiger partial charge in [-0.2, -0.15) is 13.2 Å². The molecule has 27 heavy (non-hydrogen) atoms. The smallest absolute Gasteiger partial charge is 0.376 e. The molecule has 3 aromatic rings. The Morgan fingerprint density at radius 1 is 1.26 bits per heavy atom. The minimum atomic E-state index is -4.40. The number of nitrogens with zero attached hydrogens (tertiary/aromatic N) is 4. The fourth-order valence-corrected chi connectivity index (χ4v) is 4.31. The Balaban J connectivity index is 1.61. The van der Waals surface area contributed by atoms with Crippen LogP contribution < -0.4 is 0 Å². The molecule has 1 fully saturated rings. The van der Waals surface area contributed by atoms with Gasteiger partial charge in [-0.3, -0.25) is 4.57 Å². The number of pyridine rings is 1. The lowest BCUT2D eigenvalue weighted by molar-refractivity contribution is -0.137. The van der Waals surface area contributed by atoms with Crippen LogP contribution >= 0.6 is 23.1 Å². The maximum atomic E-state index is 12.7. The molecule has 0 unspecified atom stereocenters. The van der Waals surface area contributed by atoms with Crippen molar-refractivity contribution in [1.29, 1.82) is 0 Å². The number of aromatic nitrogens is 4. The molecule has 0 radical (unpaired) electrons. The van der Waals surface area contributed by atoms with Gasteiger partial charge in [0.05, 0.1) is 23.1 Å². The number of ether oxygens (including phenoxy) is 1. The lowest BCUT2D eigenvalue weighted by Gasteiger charge is -2.14. The van der Waals surface area contributed by atoms with Gasteiger partial charge in [-0.15, -0.1) is 21.5 Å². The molecule has 1 aliphatic heterocycles. The van der Waals surface area contributed by atoms with E-state index in [-0.39, 0.29) is 6.10 Å². The first kappa shape index (κ1) is 18.5. The first-order chi connectivity index (χ1) is 13.0. The van der Waals surface area contributed by atoms with E-state index in [1.807, 2.05) is 22.1 Å². The molecule has 0 bridgehead atoms. The second-order valence-corrected chi connectivity index (χ2v) is 7.95. The minimum Gasteiger partial charge on any atom is -0.376 e. The maximum absolute atomic E-state index is 12.7. The predicted octanol–water partition coefficient (Wildman–Crippen LogP) is 4.75. The van der Waals surface area contributed by atoms with Crippen molar-refractivity contribution in [2.45, 2.75) is 41.8 Å². The van der Waals surface area contributed by atoms with E-state index in [4.69, 9.17) is 4.74 Å². The van der Waals surface area contributed by atoms with E-state index < -0.39 is 11.7 Å². The molecule has 0 aromatic carbocycles. The van der Waals surface area contributed by atoms with Gasteiger partial charge in [0.15, 0.2) is 11.0 Å². The normalized spacial score (nSPS) is 17.5. The third-order valence-corrected chi connectivity index (χ3v) is 5.93. The molecule has 0 spiro atoms. The second kappa shape index (κ2) is 7.61. The van der Waals surface area contributed by atoms with Crippen LogP contribution in [-0.2, 0) is 17.5 Å². The molecule has 142 valence electrons. The van der Waals surface area contributed by atoms with Gasteiger partial charge in [0.1, 0.15) is 5.03 Å². The topological polar surface area (TPSA) is 52.8 Å². The number of thiophene rings is 1. The number of rotatable bonds is 5. The molecular weight excluding hydrogens is 397 g/mol. The van der Waals surface area contributed by atoms with Crippen LogP contribution in [0.25, 0.3) is 10.7 Å². The van der Waals surface area contributed by atoms with E-state index >= 15 is 0 Å². The monoisotopic (exact) mass is 412 g/mol. The summed E-state index contributed by atoms with van der Waals surface area (Å²) in [6.45, 7) is 1.34. The average Bonchev–Trinajstić information content (AvgIpc) is 3.38. The molecule has 3 aromatic heterocycles. The second-order valence-electron chi connectivity index (χ2n) is 6.01. The number of hydrogen-bond donors (Lipinski definition) is 0. The van der Waals surface area contributed by atoms with Gasteiger partial charge in [-0.25, -0.2) is 4.98 Å². The number of halogens is 3.